The van der Waals surface area contributed by atoms with E-state index in [1.165, 1.54) is 17.7 Å². The normalized spacial score (nSPS) is 17.5. The molecular weight excluding hydrogens is 400 g/mol. The molecule has 7 heteroatoms. The van der Waals surface area contributed by atoms with E-state index in [-0.39, 0.29) is 11.3 Å². The summed E-state index contributed by atoms with van der Waals surface area (Å²) in [5, 5.41) is 9.69. The van der Waals surface area contributed by atoms with Gasteiger partial charge in [0.2, 0.25) is 10.0 Å². The Kier molecular flexibility index (Phi) is 6.95. The predicted octanol–water partition coefficient (Wildman–Crippen LogP) is 3.47. The standard InChI is InChI=1S/C23H30N2O4S/c1-23(2,25-15-13-19(14-16-25)18-9-5-3-6-10-18)17-21(22(26)27)24-30(28,29)20-11-7-4-8-12-20/h3-12,19,21,24H,13-17H2,1-2H3,(H,26,27). The van der Waals surface area contributed by atoms with Gasteiger partial charge in [-0.2, -0.15) is 4.72 Å². The Bertz CT molecular complexity index is 938. The molecule has 0 bridgehead atoms. The maximum Gasteiger partial charge on any atom is 0.321 e. The molecule has 0 aliphatic carbocycles. The van der Waals surface area contributed by atoms with Crippen molar-refractivity contribution in [2.24, 2.45) is 0 Å². The highest BCUT2D eigenvalue weighted by molar-refractivity contribution is 7.89. The zero-order valence-corrected chi connectivity index (χ0v) is 18.3. The number of aliphatic carboxylic acids is 1. The Balaban J connectivity index is 1.65. The van der Waals surface area contributed by atoms with Crippen molar-refractivity contribution in [2.75, 3.05) is 13.1 Å². The Labute approximate surface area is 179 Å². The van der Waals surface area contributed by atoms with Gasteiger partial charge in [0.1, 0.15) is 6.04 Å². The highest BCUT2D eigenvalue weighted by Crippen LogP contribution is 2.32. The third-order valence-corrected chi connectivity index (χ3v) is 7.46. The van der Waals surface area contributed by atoms with Crippen molar-refractivity contribution < 1.29 is 18.3 Å². The van der Waals surface area contributed by atoms with Gasteiger partial charge in [0.25, 0.3) is 0 Å². The fourth-order valence-electron chi connectivity index (χ4n) is 4.21. The Morgan fingerprint density at radius 3 is 2.13 bits per heavy atom. The molecule has 1 heterocycles. The highest BCUT2D eigenvalue weighted by atomic mass is 32.2. The van der Waals surface area contributed by atoms with Crippen LogP contribution in [0.2, 0.25) is 0 Å². The summed E-state index contributed by atoms with van der Waals surface area (Å²) in [6, 6.07) is 17.1. The number of hydrogen-bond donors (Lipinski definition) is 2. The molecule has 1 atom stereocenters. The van der Waals surface area contributed by atoms with Crippen molar-refractivity contribution in [1.82, 2.24) is 9.62 Å². The predicted molar refractivity (Wildman–Crippen MR) is 117 cm³/mol. The molecule has 162 valence electrons. The van der Waals surface area contributed by atoms with Crippen molar-refractivity contribution >= 4 is 16.0 Å². The first kappa shape index (κ1) is 22.5. The van der Waals surface area contributed by atoms with Crippen molar-refractivity contribution in [3.63, 3.8) is 0 Å². The van der Waals surface area contributed by atoms with E-state index in [2.05, 4.69) is 33.9 Å². The van der Waals surface area contributed by atoms with Crippen molar-refractivity contribution in [1.29, 1.82) is 0 Å². The van der Waals surface area contributed by atoms with E-state index >= 15 is 0 Å². The fraction of sp³-hybridized carbons (Fsp3) is 0.435. The summed E-state index contributed by atoms with van der Waals surface area (Å²) in [5.74, 6) is -0.660. The third kappa shape index (κ3) is 5.47. The van der Waals surface area contributed by atoms with Gasteiger partial charge >= 0.3 is 5.97 Å². The van der Waals surface area contributed by atoms with Crippen LogP contribution in [0.25, 0.3) is 0 Å². The first-order valence-electron chi connectivity index (χ1n) is 10.3. The lowest BCUT2D eigenvalue weighted by Crippen LogP contribution is -2.53. The molecular formula is C23H30N2O4S. The molecule has 1 fully saturated rings. The van der Waals surface area contributed by atoms with Gasteiger partial charge in [-0.25, -0.2) is 8.42 Å². The number of carboxylic acids is 1. The largest absolute Gasteiger partial charge is 0.480 e. The van der Waals surface area contributed by atoms with Gasteiger partial charge in [0.05, 0.1) is 4.90 Å². The number of carboxylic acid groups (broad SMARTS) is 1. The van der Waals surface area contributed by atoms with Crippen LogP contribution >= 0.6 is 0 Å². The van der Waals surface area contributed by atoms with Gasteiger partial charge in [-0.3, -0.25) is 9.69 Å². The number of likely N-dealkylation sites (tertiary alicyclic amines) is 1. The zero-order valence-electron chi connectivity index (χ0n) is 17.5. The van der Waals surface area contributed by atoms with Crippen molar-refractivity contribution in [2.45, 2.75) is 55.5 Å². The monoisotopic (exact) mass is 430 g/mol. The van der Waals surface area contributed by atoms with Crippen LogP contribution in [-0.2, 0) is 14.8 Å². The van der Waals surface area contributed by atoms with Crippen LogP contribution in [0.4, 0.5) is 0 Å². The van der Waals surface area contributed by atoms with Crippen molar-refractivity contribution in [3.05, 3.63) is 66.2 Å². The molecule has 1 aliphatic heterocycles. The summed E-state index contributed by atoms with van der Waals surface area (Å²) in [5.41, 5.74) is 0.887. The maximum atomic E-state index is 12.6. The van der Waals surface area contributed by atoms with E-state index < -0.39 is 27.6 Å². The third-order valence-electron chi connectivity index (χ3n) is 5.97. The molecule has 1 aliphatic rings. The first-order chi connectivity index (χ1) is 14.2. The van der Waals surface area contributed by atoms with Crippen LogP contribution < -0.4 is 4.72 Å². The number of piperidine rings is 1. The molecule has 0 radical (unpaired) electrons. The quantitative estimate of drug-likeness (QED) is 0.670. The smallest absolute Gasteiger partial charge is 0.321 e. The molecule has 0 aromatic heterocycles. The van der Waals surface area contributed by atoms with Crippen LogP contribution in [0.3, 0.4) is 0 Å². The van der Waals surface area contributed by atoms with Gasteiger partial charge in [0.15, 0.2) is 0 Å². The van der Waals surface area contributed by atoms with Gasteiger partial charge in [-0.15, -0.1) is 0 Å². The van der Waals surface area contributed by atoms with Gasteiger partial charge in [0, 0.05) is 5.54 Å². The number of carbonyl (C=O) groups is 1. The Morgan fingerprint density at radius 2 is 1.60 bits per heavy atom. The molecule has 6 nitrogen and oxygen atoms in total. The summed E-state index contributed by atoms with van der Waals surface area (Å²) in [7, 11) is -3.90. The SMILES string of the molecule is CC(C)(CC(NS(=O)(=O)c1ccccc1)C(=O)O)N1CCC(c2ccccc2)CC1. The average molecular weight is 431 g/mol. The number of nitrogens with one attached hydrogen (secondary N) is 1. The summed E-state index contributed by atoms with van der Waals surface area (Å²) in [6.45, 7) is 5.68. The molecule has 2 aromatic carbocycles. The molecule has 3 rings (SSSR count). The maximum absolute atomic E-state index is 12.6. The lowest BCUT2D eigenvalue weighted by atomic mass is 9.85. The van der Waals surface area contributed by atoms with E-state index in [0.717, 1.165) is 25.9 Å². The lowest BCUT2D eigenvalue weighted by Gasteiger charge is -2.44. The molecule has 2 N–H and O–H groups in total. The molecule has 0 amide bonds. The highest BCUT2D eigenvalue weighted by Gasteiger charge is 2.37. The van der Waals surface area contributed by atoms with Crippen LogP contribution in [0.5, 0.6) is 0 Å². The van der Waals surface area contributed by atoms with E-state index in [9.17, 15) is 18.3 Å². The van der Waals surface area contributed by atoms with Crippen molar-refractivity contribution in [3.8, 4) is 0 Å². The molecule has 1 unspecified atom stereocenters. The Morgan fingerprint density at radius 1 is 1.07 bits per heavy atom. The van der Waals surface area contributed by atoms with E-state index in [1.54, 1.807) is 18.2 Å². The fourth-order valence-corrected chi connectivity index (χ4v) is 5.42. The minimum absolute atomic E-state index is 0.0673. The van der Waals surface area contributed by atoms with Gasteiger partial charge < -0.3 is 5.11 Å². The molecule has 1 saturated heterocycles. The summed E-state index contributed by atoms with van der Waals surface area (Å²) < 4.78 is 27.6. The number of benzene rings is 2. The summed E-state index contributed by atoms with van der Waals surface area (Å²) >= 11 is 0. The van der Waals surface area contributed by atoms with Gasteiger partial charge in [-0.05, 0) is 69.8 Å². The van der Waals surface area contributed by atoms with Gasteiger partial charge in [-0.1, -0.05) is 48.5 Å². The second kappa shape index (κ2) is 9.29. The van der Waals surface area contributed by atoms with E-state index in [1.807, 2.05) is 19.9 Å². The first-order valence-corrected chi connectivity index (χ1v) is 11.8. The number of sulfonamides is 1. The lowest BCUT2D eigenvalue weighted by molar-refractivity contribution is -0.140. The van der Waals surface area contributed by atoms with Crippen LogP contribution in [0.1, 0.15) is 44.6 Å². The van der Waals surface area contributed by atoms with E-state index in [4.69, 9.17) is 0 Å². The number of rotatable bonds is 8. The number of hydrogen-bond acceptors (Lipinski definition) is 4. The molecule has 2 aromatic rings. The second-order valence-corrected chi connectivity index (χ2v) is 10.2. The summed E-state index contributed by atoms with van der Waals surface area (Å²) in [4.78, 5) is 14.2. The van der Waals surface area contributed by atoms with Crippen LogP contribution in [-0.4, -0.2) is 49.1 Å². The average Bonchev–Trinajstić information content (AvgIpc) is 2.74. The zero-order chi connectivity index (χ0) is 21.8. The van der Waals surface area contributed by atoms with Crippen LogP contribution in [0, 0.1) is 0 Å². The summed E-state index contributed by atoms with van der Waals surface area (Å²) in [6.07, 6.45) is 2.19. The molecule has 30 heavy (non-hydrogen) atoms. The van der Waals surface area contributed by atoms with E-state index in [0.29, 0.717) is 5.92 Å². The van der Waals surface area contributed by atoms with Crippen LogP contribution in [0.15, 0.2) is 65.6 Å². The minimum atomic E-state index is -3.90. The second-order valence-electron chi connectivity index (χ2n) is 8.51. The molecule has 0 spiro atoms. The number of nitrogens with zero attached hydrogens (tertiary/aromatic N) is 1. The molecule has 0 saturated carbocycles. The minimum Gasteiger partial charge on any atom is -0.480 e. The topological polar surface area (TPSA) is 86.7 Å². The Hall–Kier alpha value is -2.22.